The van der Waals surface area contributed by atoms with Crippen LogP contribution in [0.4, 0.5) is 34.1 Å². The maximum Gasteiger partial charge on any atom is 0.180 e. The van der Waals surface area contributed by atoms with Crippen LogP contribution in [0.2, 0.25) is 0 Å². The van der Waals surface area contributed by atoms with Gasteiger partial charge in [-0.3, -0.25) is 0 Å². The lowest BCUT2D eigenvalue weighted by molar-refractivity contribution is 0.476. The minimum atomic E-state index is -3.17. The van der Waals surface area contributed by atoms with Crippen LogP contribution in [0.1, 0.15) is 0 Å². The van der Waals surface area contributed by atoms with Gasteiger partial charge in [0.15, 0.2) is 38.7 Å². The van der Waals surface area contributed by atoms with Crippen molar-refractivity contribution in [3.05, 3.63) is 164 Å². The van der Waals surface area contributed by atoms with Crippen molar-refractivity contribution in [3.63, 3.8) is 0 Å². The molecule has 3 aliphatic rings. The Balaban J connectivity index is 0.000000507. The van der Waals surface area contributed by atoms with Gasteiger partial charge in [0.1, 0.15) is 0 Å². The number of anilines is 6. The van der Waals surface area contributed by atoms with E-state index >= 15 is 4.57 Å². The Bertz CT molecular complexity index is 2350. The lowest BCUT2D eigenvalue weighted by Crippen LogP contribution is -2.21. The molecule has 0 saturated carbocycles. The molecule has 10 rings (SSSR count). The van der Waals surface area contributed by atoms with Gasteiger partial charge in [0.2, 0.25) is 0 Å². The molecule has 0 atom stereocenters. The average Bonchev–Trinajstić information content (AvgIpc) is 3.46. The van der Waals surface area contributed by atoms with Crippen molar-refractivity contribution in [1.82, 2.24) is 0 Å². The van der Waals surface area contributed by atoms with E-state index in [0.717, 1.165) is 84.2 Å². The molecule has 7 aromatic carbocycles. The van der Waals surface area contributed by atoms with E-state index in [-0.39, 0.29) is 0 Å². The number of para-hydroxylation sites is 8. The molecular formula is C44H29Cl6N2O3P. The summed E-state index contributed by atoms with van der Waals surface area (Å²) in [6, 6.07) is 55.0. The van der Waals surface area contributed by atoms with Gasteiger partial charge in [-0.25, -0.2) is 0 Å². The monoisotopic (exact) mass is 874 g/mol. The van der Waals surface area contributed by atoms with E-state index in [4.69, 9.17) is 79.1 Å². The first-order valence-corrected chi connectivity index (χ1v) is 21.6. The first-order valence-electron chi connectivity index (χ1n) is 17.3. The first kappa shape index (κ1) is 38.6. The summed E-state index contributed by atoms with van der Waals surface area (Å²) in [4.78, 5) is 4.47. The highest BCUT2D eigenvalue weighted by Gasteiger charge is 2.41. The summed E-state index contributed by atoms with van der Waals surface area (Å²) in [5.41, 5.74) is 7.69. The molecule has 0 radical (unpaired) electrons. The summed E-state index contributed by atoms with van der Waals surface area (Å²) in [6.07, 6.45) is 0. The van der Waals surface area contributed by atoms with Crippen molar-refractivity contribution in [2.75, 3.05) is 9.80 Å². The number of hydrogen-bond donors (Lipinski definition) is 0. The van der Waals surface area contributed by atoms with Gasteiger partial charge in [0.25, 0.3) is 0 Å². The van der Waals surface area contributed by atoms with Crippen molar-refractivity contribution in [1.29, 1.82) is 0 Å². The predicted octanol–water partition coefficient (Wildman–Crippen LogP) is 14.4. The Kier molecular flexibility index (Phi) is 11.2. The van der Waals surface area contributed by atoms with Crippen LogP contribution in [0.15, 0.2) is 164 Å². The molecule has 56 heavy (non-hydrogen) atoms. The number of alkyl halides is 6. The maximum absolute atomic E-state index is 15.6. The van der Waals surface area contributed by atoms with Crippen molar-refractivity contribution in [2.24, 2.45) is 0 Å². The smallest absolute Gasteiger partial charge is 0.180 e. The Labute approximate surface area is 354 Å². The second-order valence-corrected chi connectivity index (χ2v) is 19.2. The zero-order valence-corrected chi connectivity index (χ0v) is 34.5. The highest BCUT2D eigenvalue weighted by Crippen LogP contribution is 2.57. The Morgan fingerprint density at radius 3 is 1.05 bits per heavy atom. The van der Waals surface area contributed by atoms with Gasteiger partial charge in [-0.05, 0) is 96.1 Å². The van der Waals surface area contributed by atoms with Crippen molar-refractivity contribution >= 4 is 127 Å². The molecule has 280 valence electrons. The number of rotatable bonds is 3. The minimum absolute atomic E-state index is 0.750. The van der Waals surface area contributed by atoms with Crippen LogP contribution in [-0.4, -0.2) is 8.59 Å². The minimum Gasteiger partial charge on any atom is -0.453 e. The molecule has 7 aromatic rings. The summed E-state index contributed by atoms with van der Waals surface area (Å²) in [5.74, 6) is 3.16. The van der Waals surface area contributed by atoms with Gasteiger partial charge in [-0.2, -0.15) is 0 Å². The van der Waals surface area contributed by atoms with Crippen molar-refractivity contribution in [3.8, 4) is 34.1 Å². The second kappa shape index (κ2) is 16.3. The van der Waals surface area contributed by atoms with E-state index in [1.165, 1.54) is 0 Å². The Morgan fingerprint density at radius 1 is 0.411 bits per heavy atom. The van der Waals surface area contributed by atoms with Crippen molar-refractivity contribution in [2.45, 2.75) is 8.59 Å². The number of hydrogen-bond acceptors (Lipinski definition) is 5. The van der Waals surface area contributed by atoms with Crippen LogP contribution >= 0.6 is 76.7 Å². The molecule has 0 amide bonds. The summed E-state index contributed by atoms with van der Waals surface area (Å²) >= 11 is 28.8. The van der Waals surface area contributed by atoms with Crippen LogP contribution in [0.3, 0.4) is 0 Å². The van der Waals surface area contributed by atoms with Crippen LogP contribution in [0.25, 0.3) is 11.1 Å². The van der Waals surface area contributed by atoms with E-state index < -0.39 is 15.7 Å². The fraction of sp³-hybridized carbons (Fsp3) is 0.0455. The molecule has 3 heterocycles. The fourth-order valence-electron chi connectivity index (χ4n) is 7.32. The summed E-state index contributed by atoms with van der Waals surface area (Å²) in [6.45, 7) is 0. The summed E-state index contributed by atoms with van der Waals surface area (Å²) in [5, 5.41) is 2.53. The SMILES string of the molecule is ClC(Cl)Cl.ClC(Cl)Cl.O=P1(c2ccccc2)c2ccc(N3c4ccccc4Oc4ccccc43)cc2-c2cc(N3c4ccccc4Oc4ccccc43)ccc21. The standard InChI is InChI=1S/C42H27N2O3P.2CHCl3/c45-48(30-12-2-1-3-13-30)41-24-22-28(43-33-14-4-8-18-37(33)46-38-19-9-5-15-34(38)43)26-31(41)32-27-29(23-25-42(32)48)44-35-16-6-10-20-39(35)47-40-21-11-7-17-36(40)44;2*2-1(3)4/h1-27H;2*1H. The molecule has 0 N–H and O–H groups in total. The number of fused-ring (bicyclic) bond motifs is 7. The van der Waals surface area contributed by atoms with Gasteiger partial charge in [0, 0.05) is 27.3 Å². The summed E-state index contributed by atoms with van der Waals surface area (Å²) in [7, 11) is -3.17. The van der Waals surface area contributed by atoms with Crippen molar-refractivity contribution < 1.29 is 14.0 Å². The fourth-order valence-corrected chi connectivity index (χ4v) is 10.3. The van der Waals surface area contributed by atoms with E-state index in [1.807, 2.05) is 103 Å². The molecular weight excluding hydrogens is 848 g/mol. The highest BCUT2D eigenvalue weighted by molar-refractivity contribution is 7.86. The quantitative estimate of drug-likeness (QED) is 0.131. The van der Waals surface area contributed by atoms with Crippen LogP contribution in [0, 0.1) is 0 Å². The zero-order chi connectivity index (χ0) is 39.0. The third-order valence-electron chi connectivity index (χ3n) is 9.43. The zero-order valence-electron chi connectivity index (χ0n) is 29.1. The molecule has 0 fully saturated rings. The third-order valence-corrected chi connectivity index (χ3v) is 12.6. The topological polar surface area (TPSA) is 42.0 Å². The predicted molar refractivity (Wildman–Crippen MR) is 237 cm³/mol. The molecule has 0 saturated heterocycles. The molecule has 0 aliphatic carbocycles. The second-order valence-electron chi connectivity index (χ2n) is 12.6. The number of nitrogens with zero attached hydrogens (tertiary/aromatic N) is 2. The molecule has 0 spiro atoms. The number of benzene rings is 7. The Hall–Kier alpha value is -4.29. The number of ether oxygens (including phenoxy) is 2. The van der Waals surface area contributed by atoms with E-state index in [1.54, 1.807) is 0 Å². The van der Waals surface area contributed by atoms with Crippen LogP contribution in [-0.2, 0) is 4.57 Å². The molecule has 5 nitrogen and oxygen atoms in total. The largest absolute Gasteiger partial charge is 0.453 e. The van der Waals surface area contributed by atoms with E-state index in [0.29, 0.717) is 0 Å². The Morgan fingerprint density at radius 2 is 0.714 bits per heavy atom. The van der Waals surface area contributed by atoms with E-state index in [2.05, 4.69) is 70.5 Å². The lowest BCUT2D eigenvalue weighted by atomic mass is 10.0. The van der Waals surface area contributed by atoms with E-state index in [9.17, 15) is 0 Å². The van der Waals surface area contributed by atoms with Gasteiger partial charge in [0.05, 0.1) is 22.7 Å². The van der Waals surface area contributed by atoms with Gasteiger partial charge in [-0.1, -0.05) is 148 Å². The van der Waals surface area contributed by atoms with Gasteiger partial charge < -0.3 is 23.8 Å². The van der Waals surface area contributed by atoms with Gasteiger partial charge in [-0.15, -0.1) is 0 Å². The molecule has 0 bridgehead atoms. The lowest BCUT2D eigenvalue weighted by Gasteiger charge is -2.33. The van der Waals surface area contributed by atoms with Crippen LogP contribution in [0.5, 0.6) is 23.0 Å². The normalized spacial score (nSPS) is 13.6. The first-order chi connectivity index (χ1) is 27.1. The highest BCUT2D eigenvalue weighted by atomic mass is 35.6. The number of halogens is 6. The average molecular weight is 877 g/mol. The maximum atomic E-state index is 15.6. The molecule has 3 aliphatic heterocycles. The molecule has 0 unspecified atom stereocenters. The molecule has 12 heteroatoms. The summed E-state index contributed by atoms with van der Waals surface area (Å²) < 4.78 is 26.7. The van der Waals surface area contributed by atoms with Crippen LogP contribution < -0.4 is 35.2 Å². The molecule has 0 aromatic heterocycles. The third kappa shape index (κ3) is 7.23. The van der Waals surface area contributed by atoms with Gasteiger partial charge >= 0.3 is 0 Å².